The maximum absolute atomic E-state index is 12.3. The van der Waals surface area contributed by atoms with Crippen LogP contribution >= 0.6 is 11.8 Å². The molecule has 152 valence electrons. The number of amides is 1. The second-order valence-corrected chi connectivity index (χ2v) is 8.67. The van der Waals surface area contributed by atoms with Gasteiger partial charge in [-0.1, -0.05) is 32.8 Å². The summed E-state index contributed by atoms with van der Waals surface area (Å²) in [6.45, 7) is 6.45. The molecule has 5 nitrogen and oxygen atoms in total. The second-order valence-electron chi connectivity index (χ2n) is 7.69. The number of aryl methyl sites for hydroxylation is 1. The summed E-state index contributed by atoms with van der Waals surface area (Å²) in [5.74, 6) is 4.59. The molecule has 1 aliphatic rings. The van der Waals surface area contributed by atoms with E-state index >= 15 is 0 Å². The molecule has 0 saturated heterocycles. The lowest BCUT2D eigenvalue weighted by Crippen LogP contribution is -2.44. The van der Waals surface area contributed by atoms with Crippen molar-refractivity contribution in [3.63, 3.8) is 0 Å². The number of ether oxygens (including phenoxy) is 1. The molecule has 1 amide bonds. The Morgan fingerprint density at radius 3 is 2.96 bits per heavy atom. The Morgan fingerprint density at radius 2 is 2.18 bits per heavy atom. The molecule has 1 N–H and O–H groups in total. The lowest BCUT2D eigenvalue weighted by molar-refractivity contribution is -0.119. The van der Waals surface area contributed by atoms with Crippen LogP contribution in [0.25, 0.3) is 11.5 Å². The van der Waals surface area contributed by atoms with E-state index in [1.807, 2.05) is 31.2 Å². The predicted molar refractivity (Wildman–Crippen MR) is 113 cm³/mol. The Labute approximate surface area is 171 Å². The molecule has 0 aliphatic heterocycles. The molecule has 3 atom stereocenters. The van der Waals surface area contributed by atoms with Crippen molar-refractivity contribution in [1.82, 2.24) is 10.3 Å². The van der Waals surface area contributed by atoms with Gasteiger partial charge in [-0.3, -0.25) is 4.79 Å². The molecular weight excluding hydrogens is 372 g/mol. The third-order valence-corrected chi connectivity index (χ3v) is 6.68. The quantitative estimate of drug-likeness (QED) is 0.718. The highest BCUT2D eigenvalue weighted by atomic mass is 32.2. The summed E-state index contributed by atoms with van der Waals surface area (Å²) in [7, 11) is 1.64. The van der Waals surface area contributed by atoms with Crippen LogP contribution in [0.4, 0.5) is 0 Å². The van der Waals surface area contributed by atoms with E-state index in [1.165, 1.54) is 12.8 Å². The predicted octanol–water partition coefficient (Wildman–Crippen LogP) is 4.83. The molecule has 1 fully saturated rings. The lowest BCUT2D eigenvalue weighted by atomic mass is 9.78. The summed E-state index contributed by atoms with van der Waals surface area (Å²) < 4.78 is 11.1. The molecule has 3 unspecified atom stereocenters. The minimum atomic E-state index is 0.116. The van der Waals surface area contributed by atoms with E-state index in [0.717, 1.165) is 29.2 Å². The van der Waals surface area contributed by atoms with Crippen molar-refractivity contribution in [3.8, 4) is 17.2 Å². The van der Waals surface area contributed by atoms with Gasteiger partial charge in [-0.2, -0.15) is 0 Å². The third kappa shape index (κ3) is 5.10. The van der Waals surface area contributed by atoms with Gasteiger partial charge < -0.3 is 14.5 Å². The van der Waals surface area contributed by atoms with Crippen LogP contribution in [0.2, 0.25) is 0 Å². The number of thioether (sulfide) groups is 1. The number of carbonyl (C=O) groups is 1. The van der Waals surface area contributed by atoms with E-state index < -0.39 is 0 Å². The highest BCUT2D eigenvalue weighted by Gasteiger charge is 2.28. The number of nitrogens with one attached hydrogen (secondary N) is 1. The number of hydrogen-bond donors (Lipinski definition) is 1. The number of rotatable bonds is 7. The van der Waals surface area contributed by atoms with Gasteiger partial charge in [-0.25, -0.2) is 4.98 Å². The zero-order chi connectivity index (χ0) is 20.1. The largest absolute Gasteiger partial charge is 0.497 e. The molecule has 6 heteroatoms. The standard InChI is InChI=1S/C22H30N2O3S/c1-14-7-5-10-19(15(14)2)23-21(25)13-28-12-20-16(3)27-22(24-20)17-8-6-9-18(11-17)26-4/h6,8-9,11,14-15,19H,5,7,10,12-13H2,1-4H3,(H,23,25). The van der Waals surface area contributed by atoms with E-state index in [1.54, 1.807) is 18.9 Å². The minimum Gasteiger partial charge on any atom is -0.497 e. The van der Waals surface area contributed by atoms with E-state index in [2.05, 4.69) is 24.1 Å². The number of oxazole rings is 1. The first-order valence-corrected chi connectivity index (χ1v) is 11.1. The molecule has 0 spiro atoms. The fourth-order valence-electron chi connectivity index (χ4n) is 3.72. The Balaban J connectivity index is 1.52. The van der Waals surface area contributed by atoms with E-state index in [9.17, 15) is 4.79 Å². The molecule has 1 aromatic heterocycles. The van der Waals surface area contributed by atoms with Crippen LogP contribution in [0.1, 0.15) is 44.6 Å². The SMILES string of the molecule is COc1cccc(-c2nc(CSCC(=O)NC3CCCC(C)C3C)c(C)o2)c1. The zero-order valence-corrected chi connectivity index (χ0v) is 18.0. The molecule has 1 aromatic carbocycles. The van der Waals surface area contributed by atoms with Gasteiger partial charge in [-0.05, 0) is 43.4 Å². The Hall–Kier alpha value is -1.95. The second kappa shape index (κ2) is 9.50. The summed E-state index contributed by atoms with van der Waals surface area (Å²) in [4.78, 5) is 17.0. The minimum absolute atomic E-state index is 0.116. The van der Waals surface area contributed by atoms with Crippen LogP contribution in [-0.2, 0) is 10.5 Å². The molecule has 28 heavy (non-hydrogen) atoms. The lowest BCUT2D eigenvalue weighted by Gasteiger charge is -2.34. The van der Waals surface area contributed by atoms with E-state index in [-0.39, 0.29) is 5.91 Å². The summed E-state index contributed by atoms with van der Waals surface area (Å²) in [5, 5.41) is 3.23. The van der Waals surface area contributed by atoms with Gasteiger partial charge in [0.2, 0.25) is 11.8 Å². The van der Waals surface area contributed by atoms with E-state index in [4.69, 9.17) is 9.15 Å². The smallest absolute Gasteiger partial charge is 0.230 e. The topological polar surface area (TPSA) is 64.4 Å². The van der Waals surface area contributed by atoms with Gasteiger partial charge in [0.05, 0.1) is 18.6 Å². The molecule has 2 aromatic rings. The summed E-state index contributed by atoms with van der Waals surface area (Å²) in [6, 6.07) is 7.97. The third-order valence-electron chi connectivity index (χ3n) is 5.73. The Bertz CT molecular complexity index is 805. The van der Waals surface area contributed by atoms with Gasteiger partial charge in [0.1, 0.15) is 11.5 Å². The number of benzene rings is 1. The van der Waals surface area contributed by atoms with Crippen LogP contribution in [-0.4, -0.2) is 29.8 Å². The molecule has 1 saturated carbocycles. The Kier molecular flexibility index (Phi) is 7.05. The van der Waals surface area contributed by atoms with Crippen molar-refractivity contribution < 1.29 is 13.9 Å². The maximum Gasteiger partial charge on any atom is 0.230 e. The number of carbonyl (C=O) groups excluding carboxylic acids is 1. The van der Waals surface area contributed by atoms with Crippen LogP contribution in [0, 0.1) is 18.8 Å². The van der Waals surface area contributed by atoms with Gasteiger partial charge in [0.25, 0.3) is 0 Å². The molecular formula is C22H30N2O3S. The molecule has 0 bridgehead atoms. The van der Waals surface area contributed by atoms with E-state index in [0.29, 0.717) is 35.3 Å². The van der Waals surface area contributed by atoms with Crippen molar-refractivity contribution in [2.45, 2.75) is 51.8 Å². The van der Waals surface area contributed by atoms with Crippen LogP contribution in [0.3, 0.4) is 0 Å². The van der Waals surface area contributed by atoms with Crippen molar-refractivity contribution in [1.29, 1.82) is 0 Å². The fourth-order valence-corrected chi connectivity index (χ4v) is 4.55. The molecule has 1 heterocycles. The molecule has 3 rings (SSSR count). The number of nitrogens with zero attached hydrogens (tertiary/aromatic N) is 1. The number of methoxy groups -OCH3 is 1. The number of aromatic nitrogens is 1. The van der Waals surface area contributed by atoms with Crippen molar-refractivity contribution in [2.75, 3.05) is 12.9 Å². The van der Waals surface area contributed by atoms with Crippen LogP contribution in [0.5, 0.6) is 5.75 Å². The Morgan fingerprint density at radius 1 is 1.36 bits per heavy atom. The summed E-state index contributed by atoms with van der Waals surface area (Å²) in [5.41, 5.74) is 1.77. The highest BCUT2D eigenvalue weighted by Crippen LogP contribution is 2.30. The summed E-state index contributed by atoms with van der Waals surface area (Å²) in [6.07, 6.45) is 3.56. The van der Waals surface area contributed by atoms with Gasteiger partial charge in [0, 0.05) is 17.4 Å². The first-order chi connectivity index (χ1) is 13.5. The van der Waals surface area contributed by atoms with Crippen molar-refractivity contribution >= 4 is 17.7 Å². The van der Waals surface area contributed by atoms with Gasteiger partial charge in [0.15, 0.2) is 0 Å². The highest BCUT2D eigenvalue weighted by molar-refractivity contribution is 7.99. The molecule has 1 aliphatic carbocycles. The average Bonchev–Trinajstić information content (AvgIpc) is 3.06. The first kappa shape index (κ1) is 20.8. The van der Waals surface area contributed by atoms with Crippen molar-refractivity contribution in [3.05, 3.63) is 35.7 Å². The van der Waals surface area contributed by atoms with Crippen LogP contribution in [0.15, 0.2) is 28.7 Å². The monoisotopic (exact) mass is 402 g/mol. The van der Waals surface area contributed by atoms with Crippen LogP contribution < -0.4 is 10.1 Å². The summed E-state index contributed by atoms with van der Waals surface area (Å²) >= 11 is 1.58. The normalized spacial score (nSPS) is 22.1. The van der Waals surface area contributed by atoms with Gasteiger partial charge in [-0.15, -0.1) is 11.8 Å². The number of hydrogen-bond acceptors (Lipinski definition) is 5. The maximum atomic E-state index is 12.3. The van der Waals surface area contributed by atoms with Gasteiger partial charge >= 0.3 is 0 Å². The van der Waals surface area contributed by atoms with Crippen molar-refractivity contribution in [2.24, 2.45) is 11.8 Å². The first-order valence-electron chi connectivity index (χ1n) is 9.95. The average molecular weight is 403 g/mol. The fraction of sp³-hybridized carbons (Fsp3) is 0.545. The zero-order valence-electron chi connectivity index (χ0n) is 17.2. The molecule has 0 radical (unpaired) electrons.